The average molecular weight is 340 g/mol. The van der Waals surface area contributed by atoms with Gasteiger partial charge in [-0.3, -0.25) is 9.89 Å². The van der Waals surface area contributed by atoms with Gasteiger partial charge in [0, 0.05) is 21.6 Å². The second kappa shape index (κ2) is 4.71. The van der Waals surface area contributed by atoms with Crippen molar-refractivity contribution in [2.75, 3.05) is 5.32 Å². The SMILES string of the molecule is O=C(Nc1cn[nH]c1)c1[nH]c2ccc(Br)cc2c1Cl. The molecule has 0 saturated carbocycles. The lowest BCUT2D eigenvalue weighted by Gasteiger charge is -1.99. The van der Waals surface area contributed by atoms with Gasteiger partial charge in [-0.2, -0.15) is 5.10 Å². The summed E-state index contributed by atoms with van der Waals surface area (Å²) in [5.74, 6) is -0.307. The Morgan fingerprint density at radius 2 is 2.26 bits per heavy atom. The van der Waals surface area contributed by atoms with Gasteiger partial charge >= 0.3 is 0 Å². The molecule has 0 radical (unpaired) electrons. The highest BCUT2D eigenvalue weighted by atomic mass is 79.9. The highest BCUT2D eigenvalue weighted by Crippen LogP contribution is 2.30. The lowest BCUT2D eigenvalue weighted by atomic mass is 10.2. The number of anilines is 1. The van der Waals surface area contributed by atoms with Crippen molar-refractivity contribution >= 4 is 50.0 Å². The predicted molar refractivity (Wildman–Crippen MR) is 77.5 cm³/mol. The number of benzene rings is 1. The van der Waals surface area contributed by atoms with Gasteiger partial charge < -0.3 is 10.3 Å². The Morgan fingerprint density at radius 3 is 3.00 bits per heavy atom. The number of aromatic amines is 2. The van der Waals surface area contributed by atoms with Gasteiger partial charge in [0.05, 0.1) is 16.9 Å². The van der Waals surface area contributed by atoms with E-state index in [1.54, 1.807) is 6.20 Å². The number of carbonyl (C=O) groups excluding carboxylic acids is 1. The van der Waals surface area contributed by atoms with Gasteiger partial charge in [-0.25, -0.2) is 0 Å². The number of carbonyl (C=O) groups is 1. The fraction of sp³-hybridized carbons (Fsp3) is 0. The van der Waals surface area contributed by atoms with Crippen molar-refractivity contribution in [1.82, 2.24) is 15.2 Å². The first-order chi connectivity index (χ1) is 9.15. The molecular formula is C12H8BrClN4O. The molecule has 7 heteroatoms. The number of H-pyrrole nitrogens is 2. The number of hydrogen-bond acceptors (Lipinski definition) is 2. The van der Waals surface area contributed by atoms with Crippen LogP contribution in [0.15, 0.2) is 35.1 Å². The maximum absolute atomic E-state index is 12.1. The zero-order valence-corrected chi connectivity index (χ0v) is 11.8. The van der Waals surface area contributed by atoms with Crippen molar-refractivity contribution in [1.29, 1.82) is 0 Å². The zero-order valence-electron chi connectivity index (χ0n) is 9.50. The van der Waals surface area contributed by atoms with Crippen molar-refractivity contribution in [3.05, 3.63) is 45.8 Å². The van der Waals surface area contributed by atoms with Crippen LogP contribution in [0.25, 0.3) is 10.9 Å². The molecule has 1 amide bonds. The second-order valence-corrected chi connectivity index (χ2v) is 5.24. The molecule has 0 unspecified atom stereocenters. The van der Waals surface area contributed by atoms with Crippen LogP contribution in [-0.4, -0.2) is 21.1 Å². The molecule has 0 bridgehead atoms. The highest BCUT2D eigenvalue weighted by Gasteiger charge is 2.16. The van der Waals surface area contributed by atoms with Gasteiger partial charge in [-0.15, -0.1) is 0 Å². The summed E-state index contributed by atoms with van der Waals surface area (Å²) in [6.45, 7) is 0. The molecule has 0 saturated heterocycles. The summed E-state index contributed by atoms with van der Waals surface area (Å²) >= 11 is 9.60. The Kier molecular flexibility index (Phi) is 3.04. The van der Waals surface area contributed by atoms with Gasteiger partial charge in [0.1, 0.15) is 5.69 Å². The number of fused-ring (bicyclic) bond motifs is 1. The van der Waals surface area contributed by atoms with E-state index in [1.807, 2.05) is 18.2 Å². The molecule has 3 rings (SSSR count). The van der Waals surface area contributed by atoms with Crippen LogP contribution < -0.4 is 5.32 Å². The topological polar surface area (TPSA) is 73.6 Å². The quantitative estimate of drug-likeness (QED) is 0.668. The second-order valence-electron chi connectivity index (χ2n) is 3.94. The third kappa shape index (κ3) is 2.24. The summed E-state index contributed by atoms with van der Waals surface area (Å²) in [4.78, 5) is 15.1. The van der Waals surface area contributed by atoms with E-state index in [2.05, 4.69) is 36.4 Å². The molecule has 0 atom stereocenters. The van der Waals surface area contributed by atoms with E-state index < -0.39 is 0 Å². The summed E-state index contributed by atoms with van der Waals surface area (Å²) in [7, 11) is 0. The largest absolute Gasteiger partial charge is 0.349 e. The van der Waals surface area contributed by atoms with E-state index in [4.69, 9.17) is 11.6 Å². The summed E-state index contributed by atoms with van der Waals surface area (Å²) in [5.41, 5.74) is 1.72. The van der Waals surface area contributed by atoms with Gasteiger partial charge in [0.2, 0.25) is 0 Å². The molecule has 2 heterocycles. The minimum Gasteiger partial charge on any atom is -0.349 e. The van der Waals surface area contributed by atoms with E-state index in [1.165, 1.54) is 6.20 Å². The highest BCUT2D eigenvalue weighted by molar-refractivity contribution is 9.10. The van der Waals surface area contributed by atoms with Crippen molar-refractivity contribution in [3.8, 4) is 0 Å². The Hall–Kier alpha value is -1.79. The average Bonchev–Trinajstić information content (AvgIpc) is 2.98. The molecule has 0 aliphatic rings. The predicted octanol–water partition coefficient (Wildman–Crippen LogP) is 3.56. The number of rotatable bonds is 2. The van der Waals surface area contributed by atoms with Crippen LogP contribution in [0.4, 0.5) is 5.69 Å². The summed E-state index contributed by atoms with van der Waals surface area (Å²) in [5, 5.41) is 10.3. The first-order valence-corrected chi connectivity index (χ1v) is 6.59. The fourth-order valence-corrected chi connectivity index (χ4v) is 2.45. The third-order valence-corrected chi connectivity index (χ3v) is 3.57. The molecule has 0 spiro atoms. The molecular weight excluding hydrogens is 332 g/mol. The van der Waals surface area contributed by atoms with E-state index >= 15 is 0 Å². The molecule has 0 aliphatic heterocycles. The maximum Gasteiger partial charge on any atom is 0.273 e. The number of nitrogens with zero attached hydrogens (tertiary/aromatic N) is 1. The van der Waals surface area contributed by atoms with Crippen LogP contribution in [0.2, 0.25) is 5.02 Å². The molecule has 0 fully saturated rings. The molecule has 1 aromatic carbocycles. The van der Waals surface area contributed by atoms with Crippen LogP contribution in [0, 0.1) is 0 Å². The number of aromatic nitrogens is 3. The van der Waals surface area contributed by atoms with Crippen molar-refractivity contribution in [2.45, 2.75) is 0 Å². The standard InChI is InChI=1S/C12H8BrClN4O/c13-6-1-2-9-8(3-6)10(14)11(18-9)12(19)17-7-4-15-16-5-7/h1-5,18H,(H,15,16)(H,17,19). The Bertz CT molecular complexity index is 751. The first kappa shape index (κ1) is 12.3. The van der Waals surface area contributed by atoms with Gasteiger partial charge in [-0.1, -0.05) is 27.5 Å². The van der Waals surface area contributed by atoms with Crippen LogP contribution in [0.3, 0.4) is 0 Å². The van der Waals surface area contributed by atoms with Crippen molar-refractivity contribution in [2.24, 2.45) is 0 Å². The molecule has 2 aromatic heterocycles. The van der Waals surface area contributed by atoms with E-state index in [0.29, 0.717) is 16.4 Å². The fourth-order valence-electron chi connectivity index (χ4n) is 1.80. The zero-order chi connectivity index (χ0) is 13.4. The molecule has 3 N–H and O–H groups in total. The third-order valence-electron chi connectivity index (χ3n) is 2.68. The maximum atomic E-state index is 12.1. The Morgan fingerprint density at radius 1 is 1.42 bits per heavy atom. The van der Waals surface area contributed by atoms with Gasteiger partial charge in [0.15, 0.2) is 0 Å². The lowest BCUT2D eigenvalue weighted by molar-refractivity contribution is 0.102. The van der Waals surface area contributed by atoms with Crippen molar-refractivity contribution in [3.63, 3.8) is 0 Å². The van der Waals surface area contributed by atoms with Crippen molar-refractivity contribution < 1.29 is 4.79 Å². The Balaban J connectivity index is 2.00. The number of amides is 1. The number of nitrogens with one attached hydrogen (secondary N) is 3. The summed E-state index contributed by atoms with van der Waals surface area (Å²) in [6.07, 6.45) is 3.11. The molecule has 3 aromatic rings. The van der Waals surface area contributed by atoms with Crippen LogP contribution in [0.5, 0.6) is 0 Å². The van der Waals surface area contributed by atoms with Crippen LogP contribution >= 0.6 is 27.5 Å². The Labute approximate surface area is 121 Å². The molecule has 19 heavy (non-hydrogen) atoms. The number of halogens is 2. The van der Waals surface area contributed by atoms with E-state index in [9.17, 15) is 4.79 Å². The van der Waals surface area contributed by atoms with E-state index in [0.717, 1.165) is 15.4 Å². The number of hydrogen-bond donors (Lipinski definition) is 3. The molecule has 0 aliphatic carbocycles. The van der Waals surface area contributed by atoms with Gasteiger partial charge in [0.25, 0.3) is 5.91 Å². The van der Waals surface area contributed by atoms with Crippen LogP contribution in [0.1, 0.15) is 10.5 Å². The monoisotopic (exact) mass is 338 g/mol. The smallest absolute Gasteiger partial charge is 0.273 e. The molecule has 96 valence electrons. The lowest BCUT2D eigenvalue weighted by Crippen LogP contribution is -2.12. The summed E-state index contributed by atoms with van der Waals surface area (Å²) < 4.78 is 0.905. The van der Waals surface area contributed by atoms with E-state index in [-0.39, 0.29) is 5.91 Å². The summed E-state index contributed by atoms with van der Waals surface area (Å²) in [6, 6.07) is 5.61. The first-order valence-electron chi connectivity index (χ1n) is 5.42. The van der Waals surface area contributed by atoms with Gasteiger partial charge in [-0.05, 0) is 18.2 Å². The minimum absolute atomic E-state index is 0.307. The minimum atomic E-state index is -0.307. The van der Waals surface area contributed by atoms with Crippen LogP contribution in [-0.2, 0) is 0 Å². The normalized spacial score (nSPS) is 10.8. The molecule has 5 nitrogen and oxygen atoms in total.